The number of aromatic carboxylic acids is 1. The van der Waals surface area contributed by atoms with Crippen LogP contribution in [0.2, 0.25) is 0 Å². The van der Waals surface area contributed by atoms with Crippen LogP contribution in [0.5, 0.6) is 0 Å². The minimum Gasteiger partial charge on any atom is -0.478 e. The van der Waals surface area contributed by atoms with Crippen molar-refractivity contribution in [2.75, 3.05) is 19.8 Å². The molecule has 0 atom stereocenters. The fourth-order valence-corrected chi connectivity index (χ4v) is 2.45. The number of benzene rings is 2. The van der Waals surface area contributed by atoms with Gasteiger partial charge in [-0.1, -0.05) is 30.3 Å². The highest BCUT2D eigenvalue weighted by atomic mass is 16.5. The highest BCUT2D eigenvalue weighted by Gasteiger charge is 2.10. The van der Waals surface area contributed by atoms with Crippen molar-refractivity contribution < 1.29 is 19.4 Å². The van der Waals surface area contributed by atoms with E-state index < -0.39 is 5.97 Å². The molecule has 25 heavy (non-hydrogen) atoms. The van der Waals surface area contributed by atoms with Crippen molar-refractivity contribution in [2.45, 2.75) is 19.8 Å². The molecule has 0 unspecified atom stereocenters. The lowest BCUT2D eigenvalue weighted by Gasteiger charge is -2.08. The summed E-state index contributed by atoms with van der Waals surface area (Å²) in [5.74, 6) is -1.31. The maximum Gasteiger partial charge on any atom is 0.335 e. The lowest BCUT2D eigenvalue weighted by Crippen LogP contribution is -2.25. The van der Waals surface area contributed by atoms with E-state index >= 15 is 0 Å². The Morgan fingerprint density at radius 1 is 1.04 bits per heavy atom. The molecule has 0 bridgehead atoms. The molecule has 0 saturated carbocycles. The normalized spacial score (nSPS) is 10.4. The number of aryl methyl sites for hydroxylation is 1. The number of hydrogen-bond acceptors (Lipinski definition) is 3. The SMILES string of the molecule is Cc1cc(C(=O)O)cc(C(=O)NCCCOCCc2ccccc2)c1. The van der Waals surface area contributed by atoms with Gasteiger partial charge in [-0.25, -0.2) is 4.79 Å². The van der Waals surface area contributed by atoms with Gasteiger partial charge in [-0.2, -0.15) is 0 Å². The summed E-state index contributed by atoms with van der Waals surface area (Å²) in [4.78, 5) is 23.1. The number of carboxylic acid groups (broad SMARTS) is 1. The molecule has 0 fully saturated rings. The third-order valence-corrected chi connectivity index (χ3v) is 3.72. The first-order valence-corrected chi connectivity index (χ1v) is 8.31. The molecule has 2 rings (SSSR count). The summed E-state index contributed by atoms with van der Waals surface area (Å²) >= 11 is 0. The second kappa shape index (κ2) is 9.59. The van der Waals surface area contributed by atoms with Crippen molar-refractivity contribution >= 4 is 11.9 Å². The Balaban J connectivity index is 1.66. The molecule has 5 nitrogen and oxygen atoms in total. The zero-order valence-corrected chi connectivity index (χ0v) is 14.3. The quantitative estimate of drug-likeness (QED) is 0.687. The number of carbonyl (C=O) groups excluding carboxylic acids is 1. The Bertz CT molecular complexity index is 713. The molecule has 0 aromatic heterocycles. The van der Waals surface area contributed by atoms with Gasteiger partial charge in [0.15, 0.2) is 0 Å². The number of hydrogen-bond donors (Lipinski definition) is 2. The molecule has 0 heterocycles. The van der Waals surface area contributed by atoms with Gasteiger partial charge in [0, 0.05) is 18.7 Å². The zero-order chi connectivity index (χ0) is 18.1. The van der Waals surface area contributed by atoms with Crippen LogP contribution in [0.1, 0.15) is 38.3 Å². The molecular formula is C20H23NO4. The Morgan fingerprint density at radius 2 is 1.76 bits per heavy atom. The highest BCUT2D eigenvalue weighted by Crippen LogP contribution is 2.10. The van der Waals surface area contributed by atoms with Crippen LogP contribution in [0, 0.1) is 6.92 Å². The maximum atomic E-state index is 12.1. The van der Waals surface area contributed by atoms with Gasteiger partial charge >= 0.3 is 5.97 Å². The number of amides is 1. The molecule has 0 aliphatic rings. The van der Waals surface area contributed by atoms with E-state index in [0.29, 0.717) is 31.7 Å². The monoisotopic (exact) mass is 341 g/mol. The van der Waals surface area contributed by atoms with Gasteiger partial charge in [0.2, 0.25) is 0 Å². The second-order valence-electron chi connectivity index (χ2n) is 5.85. The van der Waals surface area contributed by atoms with Crippen LogP contribution >= 0.6 is 0 Å². The lowest BCUT2D eigenvalue weighted by atomic mass is 10.1. The molecule has 0 aliphatic heterocycles. The van der Waals surface area contributed by atoms with E-state index in [-0.39, 0.29) is 11.5 Å². The van der Waals surface area contributed by atoms with Crippen LogP contribution in [0.4, 0.5) is 0 Å². The molecule has 2 N–H and O–H groups in total. The molecule has 1 amide bonds. The first-order valence-electron chi connectivity index (χ1n) is 8.31. The summed E-state index contributed by atoms with van der Waals surface area (Å²) in [7, 11) is 0. The van der Waals surface area contributed by atoms with Crippen molar-refractivity contribution in [1.29, 1.82) is 0 Å². The third kappa shape index (κ3) is 6.39. The summed E-state index contributed by atoms with van der Waals surface area (Å²) in [6.45, 7) is 3.48. The number of carboxylic acids is 1. The first-order chi connectivity index (χ1) is 12.1. The van der Waals surface area contributed by atoms with Gasteiger partial charge in [-0.15, -0.1) is 0 Å². The van der Waals surface area contributed by atoms with Gasteiger partial charge in [0.05, 0.1) is 12.2 Å². The average molecular weight is 341 g/mol. The van der Waals surface area contributed by atoms with Crippen molar-refractivity contribution in [2.24, 2.45) is 0 Å². The van der Waals surface area contributed by atoms with E-state index in [0.717, 1.165) is 12.0 Å². The van der Waals surface area contributed by atoms with E-state index in [4.69, 9.17) is 9.84 Å². The lowest BCUT2D eigenvalue weighted by molar-refractivity contribution is 0.0696. The van der Waals surface area contributed by atoms with Crippen LogP contribution in [0.15, 0.2) is 48.5 Å². The molecular weight excluding hydrogens is 318 g/mol. The summed E-state index contributed by atoms with van der Waals surface area (Å²) in [5, 5.41) is 11.8. The maximum absolute atomic E-state index is 12.1. The van der Waals surface area contributed by atoms with Crippen LogP contribution in [0.25, 0.3) is 0 Å². The number of nitrogens with one attached hydrogen (secondary N) is 1. The Morgan fingerprint density at radius 3 is 2.48 bits per heavy atom. The van der Waals surface area contributed by atoms with Crippen molar-refractivity contribution in [3.05, 3.63) is 70.8 Å². The molecule has 0 radical (unpaired) electrons. The van der Waals surface area contributed by atoms with Crippen molar-refractivity contribution in [3.63, 3.8) is 0 Å². The zero-order valence-electron chi connectivity index (χ0n) is 14.3. The fraction of sp³-hybridized carbons (Fsp3) is 0.300. The van der Waals surface area contributed by atoms with E-state index in [2.05, 4.69) is 17.4 Å². The molecule has 0 spiro atoms. The average Bonchev–Trinajstić information content (AvgIpc) is 2.61. The summed E-state index contributed by atoms with van der Waals surface area (Å²) in [6, 6.07) is 14.7. The number of rotatable bonds is 9. The van der Waals surface area contributed by atoms with Crippen LogP contribution in [-0.4, -0.2) is 36.7 Å². The molecule has 0 saturated heterocycles. The smallest absolute Gasteiger partial charge is 0.335 e. The van der Waals surface area contributed by atoms with Gasteiger partial charge in [0.25, 0.3) is 5.91 Å². The van der Waals surface area contributed by atoms with Crippen LogP contribution in [0.3, 0.4) is 0 Å². The predicted molar refractivity (Wildman–Crippen MR) is 96.1 cm³/mol. The summed E-state index contributed by atoms with van der Waals surface area (Å²) in [6.07, 6.45) is 1.58. The second-order valence-corrected chi connectivity index (χ2v) is 5.85. The minimum absolute atomic E-state index is 0.120. The third-order valence-electron chi connectivity index (χ3n) is 3.72. The molecule has 2 aromatic carbocycles. The largest absolute Gasteiger partial charge is 0.478 e. The Hall–Kier alpha value is -2.66. The van der Waals surface area contributed by atoms with E-state index in [1.165, 1.54) is 11.6 Å². The van der Waals surface area contributed by atoms with Crippen molar-refractivity contribution in [1.82, 2.24) is 5.32 Å². The van der Waals surface area contributed by atoms with Gasteiger partial charge in [0.1, 0.15) is 0 Å². The fourth-order valence-electron chi connectivity index (χ4n) is 2.45. The van der Waals surface area contributed by atoms with E-state index in [1.54, 1.807) is 19.1 Å². The van der Waals surface area contributed by atoms with Crippen LogP contribution in [-0.2, 0) is 11.2 Å². The summed E-state index contributed by atoms with van der Waals surface area (Å²) < 4.78 is 5.57. The van der Waals surface area contributed by atoms with E-state index in [9.17, 15) is 9.59 Å². The standard InChI is InChI=1S/C20H23NO4/c1-15-12-17(14-18(13-15)20(23)24)19(22)21-9-5-10-25-11-8-16-6-3-2-4-7-16/h2-4,6-7,12-14H,5,8-11H2,1H3,(H,21,22)(H,23,24). The molecule has 2 aromatic rings. The topological polar surface area (TPSA) is 75.6 Å². The Labute approximate surface area is 147 Å². The molecule has 0 aliphatic carbocycles. The van der Waals surface area contributed by atoms with Crippen molar-refractivity contribution in [3.8, 4) is 0 Å². The molecule has 5 heteroatoms. The highest BCUT2D eigenvalue weighted by molar-refractivity contribution is 5.97. The van der Waals surface area contributed by atoms with Gasteiger partial charge in [-0.3, -0.25) is 4.79 Å². The van der Waals surface area contributed by atoms with E-state index in [1.807, 2.05) is 18.2 Å². The Kier molecular flexibility index (Phi) is 7.16. The first kappa shape index (κ1) is 18.7. The van der Waals surface area contributed by atoms with Crippen LogP contribution < -0.4 is 5.32 Å². The number of carbonyl (C=O) groups is 2. The number of ether oxygens (including phenoxy) is 1. The minimum atomic E-state index is -1.04. The summed E-state index contributed by atoms with van der Waals surface area (Å²) in [5.41, 5.74) is 2.47. The van der Waals surface area contributed by atoms with Gasteiger partial charge in [-0.05, 0) is 49.1 Å². The van der Waals surface area contributed by atoms with Gasteiger partial charge < -0.3 is 15.2 Å². The molecule has 132 valence electrons. The predicted octanol–water partition coefficient (Wildman–Crippen LogP) is 3.07.